The third kappa shape index (κ3) is 7.18. The molecule has 0 saturated carbocycles. The number of nitrogens with one attached hydrogen (secondary N) is 1. The first kappa shape index (κ1) is 25.2. The summed E-state index contributed by atoms with van der Waals surface area (Å²) >= 11 is 3.40. The molecule has 1 aliphatic rings. The Labute approximate surface area is 194 Å². The molecule has 1 saturated heterocycles. The number of anilines is 1. The molecule has 0 aromatic carbocycles. The zero-order valence-electron chi connectivity index (χ0n) is 17.5. The van der Waals surface area contributed by atoms with Crippen molar-refractivity contribution >= 4 is 51.8 Å². The summed E-state index contributed by atoms with van der Waals surface area (Å²) in [7, 11) is 3.75. The number of aromatic nitrogens is 2. The van der Waals surface area contributed by atoms with Gasteiger partial charge in [0.15, 0.2) is 5.96 Å². The minimum atomic E-state index is 0. The molecule has 0 radical (unpaired) electrons. The lowest BCUT2D eigenvalue weighted by molar-refractivity contribution is 0.281. The highest BCUT2D eigenvalue weighted by Gasteiger charge is 2.22. The fourth-order valence-electron chi connectivity index (χ4n) is 2.75. The minimum Gasteiger partial charge on any atom is -0.480 e. The molecule has 10 heteroatoms. The summed E-state index contributed by atoms with van der Waals surface area (Å²) in [5.74, 6) is 2.26. The molecule has 2 rings (SSSR count). The van der Waals surface area contributed by atoms with Crippen LogP contribution in [0.15, 0.2) is 15.7 Å². The van der Waals surface area contributed by atoms with E-state index in [1.165, 1.54) is 0 Å². The van der Waals surface area contributed by atoms with Gasteiger partial charge in [0.1, 0.15) is 0 Å². The predicted octanol–water partition coefficient (Wildman–Crippen LogP) is 2.29. The van der Waals surface area contributed by atoms with Gasteiger partial charge in [0.2, 0.25) is 11.8 Å². The molecule has 0 aliphatic carbocycles. The predicted molar refractivity (Wildman–Crippen MR) is 129 cm³/mol. The second kappa shape index (κ2) is 12.6. The maximum atomic E-state index is 5.28. The molecule has 2 heterocycles. The molecule has 8 nitrogen and oxygen atoms in total. The summed E-state index contributed by atoms with van der Waals surface area (Å²) in [4.78, 5) is 20.5. The lowest BCUT2D eigenvalue weighted by atomic mass is 10.3. The van der Waals surface area contributed by atoms with Crippen molar-refractivity contribution in [2.75, 3.05) is 64.9 Å². The number of hydrogen-bond donors (Lipinski definition) is 1. The average molecular weight is 570 g/mol. The molecule has 0 spiro atoms. The summed E-state index contributed by atoms with van der Waals surface area (Å²) in [6.45, 7) is 12.6. The van der Waals surface area contributed by atoms with E-state index in [0.717, 1.165) is 56.2 Å². The van der Waals surface area contributed by atoms with Gasteiger partial charge in [-0.1, -0.05) is 0 Å². The number of likely N-dealkylation sites (N-methyl/N-ethyl adjacent to an activating group) is 1. The summed E-state index contributed by atoms with van der Waals surface area (Å²) < 4.78 is 6.04. The number of guanidine groups is 1. The second-order valence-corrected chi connectivity index (χ2v) is 7.67. The van der Waals surface area contributed by atoms with Gasteiger partial charge in [0, 0.05) is 45.3 Å². The van der Waals surface area contributed by atoms with Crippen LogP contribution in [0.3, 0.4) is 0 Å². The number of halogens is 2. The number of hydrogen-bond acceptors (Lipinski definition) is 6. The van der Waals surface area contributed by atoms with Gasteiger partial charge in [0.05, 0.1) is 24.3 Å². The van der Waals surface area contributed by atoms with Crippen LogP contribution in [0.1, 0.15) is 20.8 Å². The lowest BCUT2D eigenvalue weighted by Gasteiger charge is -2.36. The maximum Gasteiger partial charge on any atom is 0.232 e. The van der Waals surface area contributed by atoms with Crippen LogP contribution in [0.4, 0.5) is 5.95 Å². The summed E-state index contributed by atoms with van der Waals surface area (Å²) in [5, 5.41) is 3.42. The quantitative estimate of drug-likeness (QED) is 0.307. The van der Waals surface area contributed by atoms with Crippen molar-refractivity contribution in [1.29, 1.82) is 0 Å². The molecule has 28 heavy (non-hydrogen) atoms. The number of methoxy groups -OCH3 is 1. The first-order valence-corrected chi connectivity index (χ1v) is 10.3. The Morgan fingerprint density at radius 1 is 1.36 bits per heavy atom. The molecule has 1 fully saturated rings. The smallest absolute Gasteiger partial charge is 0.232 e. The van der Waals surface area contributed by atoms with Gasteiger partial charge >= 0.3 is 0 Å². The van der Waals surface area contributed by atoms with Crippen LogP contribution >= 0.6 is 39.9 Å². The largest absolute Gasteiger partial charge is 0.480 e. The number of aliphatic imine (C=N–C) groups is 1. The van der Waals surface area contributed by atoms with E-state index in [1.54, 1.807) is 13.3 Å². The van der Waals surface area contributed by atoms with Crippen LogP contribution in [-0.2, 0) is 0 Å². The van der Waals surface area contributed by atoms with Crippen molar-refractivity contribution in [2.45, 2.75) is 26.8 Å². The maximum absolute atomic E-state index is 5.28. The fraction of sp³-hybridized carbons (Fsp3) is 0.722. The van der Waals surface area contributed by atoms with Crippen molar-refractivity contribution in [2.24, 2.45) is 4.99 Å². The lowest BCUT2D eigenvalue weighted by Crippen LogP contribution is -2.53. The first-order valence-electron chi connectivity index (χ1n) is 9.51. The van der Waals surface area contributed by atoms with Crippen LogP contribution in [0.2, 0.25) is 0 Å². The number of ether oxygens (including phenoxy) is 1. The Bertz CT molecular complexity index is 624. The Hall–Kier alpha value is -0.880. The van der Waals surface area contributed by atoms with Gasteiger partial charge in [0.25, 0.3) is 0 Å². The third-order valence-electron chi connectivity index (χ3n) is 4.69. The van der Waals surface area contributed by atoms with Crippen LogP contribution in [0.5, 0.6) is 5.88 Å². The Kier molecular flexibility index (Phi) is 11.4. The SMILES string of the molecule is CCNC(=NCCN(C)C(C)C)N1CCN(c2ncc(Br)c(OC)n2)CC1.I. The van der Waals surface area contributed by atoms with E-state index in [-0.39, 0.29) is 24.0 Å². The molecule has 0 unspecified atom stereocenters. The van der Waals surface area contributed by atoms with Crippen molar-refractivity contribution < 1.29 is 4.74 Å². The summed E-state index contributed by atoms with van der Waals surface area (Å²) in [6, 6.07) is 0.536. The van der Waals surface area contributed by atoms with Gasteiger partial charge < -0.3 is 24.8 Å². The highest BCUT2D eigenvalue weighted by atomic mass is 127. The van der Waals surface area contributed by atoms with E-state index in [4.69, 9.17) is 9.73 Å². The highest BCUT2D eigenvalue weighted by molar-refractivity contribution is 14.0. The van der Waals surface area contributed by atoms with Crippen molar-refractivity contribution in [3.8, 4) is 5.88 Å². The van der Waals surface area contributed by atoms with E-state index < -0.39 is 0 Å². The summed E-state index contributed by atoms with van der Waals surface area (Å²) in [6.07, 6.45) is 1.74. The fourth-order valence-corrected chi connectivity index (χ4v) is 3.11. The molecular weight excluding hydrogens is 537 g/mol. The Morgan fingerprint density at radius 2 is 2.04 bits per heavy atom. The molecule has 0 bridgehead atoms. The van der Waals surface area contributed by atoms with Crippen LogP contribution in [0.25, 0.3) is 0 Å². The molecule has 1 aromatic heterocycles. The molecule has 1 aliphatic heterocycles. The minimum absolute atomic E-state index is 0. The third-order valence-corrected chi connectivity index (χ3v) is 5.23. The average Bonchev–Trinajstić information content (AvgIpc) is 2.67. The topological polar surface area (TPSA) is 69.1 Å². The Balaban J connectivity index is 0.00000392. The van der Waals surface area contributed by atoms with E-state index in [9.17, 15) is 0 Å². The number of nitrogens with zero attached hydrogens (tertiary/aromatic N) is 6. The molecule has 1 aromatic rings. The van der Waals surface area contributed by atoms with Gasteiger partial charge in [-0.2, -0.15) is 4.98 Å². The first-order chi connectivity index (χ1) is 13.0. The Morgan fingerprint density at radius 3 is 2.61 bits per heavy atom. The number of piperazine rings is 1. The van der Waals surface area contributed by atoms with E-state index >= 15 is 0 Å². The normalized spacial score (nSPS) is 15.1. The van der Waals surface area contributed by atoms with Crippen molar-refractivity contribution in [3.05, 3.63) is 10.7 Å². The standard InChI is InChI=1S/C18H32BrN7O.HI/c1-6-20-17(21-7-8-24(4)14(2)3)25-9-11-26(12-10-25)18-22-13-15(19)16(23-18)27-5;/h13-14H,6-12H2,1-5H3,(H,20,21);1H. The number of rotatable bonds is 7. The molecule has 0 atom stereocenters. The second-order valence-electron chi connectivity index (χ2n) is 6.81. The molecular formula is C18H33BrIN7O. The van der Waals surface area contributed by atoms with E-state index in [0.29, 0.717) is 17.9 Å². The summed E-state index contributed by atoms with van der Waals surface area (Å²) in [5.41, 5.74) is 0. The monoisotopic (exact) mass is 569 g/mol. The van der Waals surface area contributed by atoms with Crippen LogP contribution in [-0.4, -0.2) is 91.7 Å². The van der Waals surface area contributed by atoms with Gasteiger partial charge in [-0.15, -0.1) is 24.0 Å². The van der Waals surface area contributed by atoms with Gasteiger partial charge in [-0.3, -0.25) is 4.99 Å². The van der Waals surface area contributed by atoms with E-state index in [2.05, 4.69) is 73.7 Å². The highest BCUT2D eigenvalue weighted by Crippen LogP contribution is 2.23. The van der Waals surface area contributed by atoms with Crippen LogP contribution < -0.4 is 15.0 Å². The van der Waals surface area contributed by atoms with Gasteiger partial charge in [-0.25, -0.2) is 4.98 Å². The zero-order valence-corrected chi connectivity index (χ0v) is 21.4. The molecule has 160 valence electrons. The molecule has 1 N–H and O–H groups in total. The van der Waals surface area contributed by atoms with Crippen LogP contribution in [0, 0.1) is 0 Å². The molecule has 0 amide bonds. The van der Waals surface area contributed by atoms with Gasteiger partial charge in [-0.05, 0) is 43.7 Å². The van der Waals surface area contributed by atoms with Crippen molar-refractivity contribution in [3.63, 3.8) is 0 Å². The zero-order chi connectivity index (χ0) is 19.8. The van der Waals surface area contributed by atoms with Crippen molar-refractivity contribution in [1.82, 2.24) is 25.1 Å². The van der Waals surface area contributed by atoms with E-state index in [1.807, 2.05) is 0 Å².